The zero-order chi connectivity index (χ0) is 19.6. The molecule has 0 bridgehead atoms. The number of rotatable bonds is 3. The molecular weight excluding hydrogens is 346 g/mol. The van der Waals surface area contributed by atoms with Crippen LogP contribution in [0.3, 0.4) is 0 Å². The minimum absolute atomic E-state index is 0.391. The molecule has 3 amide bonds. The highest BCUT2D eigenvalue weighted by Gasteiger charge is 2.19. The lowest BCUT2D eigenvalue weighted by atomic mass is 9.95. The van der Waals surface area contributed by atoms with E-state index in [2.05, 4.69) is 15.6 Å². The molecule has 7 nitrogen and oxygen atoms in total. The summed E-state index contributed by atoms with van der Waals surface area (Å²) in [6, 6.07) is 4.73. The molecule has 0 radical (unpaired) electrons. The summed E-state index contributed by atoms with van der Waals surface area (Å²) in [5.74, 6) is -1.26. The quantitative estimate of drug-likeness (QED) is 0.722. The molecule has 1 heterocycles. The molecule has 0 saturated heterocycles. The second-order valence-electron chi connectivity index (χ2n) is 7.88. The Morgan fingerprint density at radius 2 is 1.89 bits per heavy atom. The fraction of sp³-hybridized carbons (Fsp3) is 0.450. The molecule has 1 aromatic carbocycles. The fourth-order valence-corrected chi connectivity index (χ4v) is 3.28. The molecular formula is C20H25N3O4. The van der Waals surface area contributed by atoms with Crippen LogP contribution >= 0.6 is 0 Å². The number of aromatic amines is 1. The van der Waals surface area contributed by atoms with Crippen molar-refractivity contribution in [3.63, 3.8) is 0 Å². The van der Waals surface area contributed by atoms with Crippen LogP contribution in [0.4, 0.5) is 4.79 Å². The van der Waals surface area contributed by atoms with Gasteiger partial charge in [-0.25, -0.2) is 9.59 Å². The minimum Gasteiger partial charge on any atom is -0.452 e. The molecule has 0 fully saturated rings. The van der Waals surface area contributed by atoms with Crippen molar-refractivity contribution in [2.45, 2.75) is 52.0 Å². The second kappa shape index (κ2) is 7.42. The number of aromatic nitrogens is 1. The molecule has 1 aliphatic rings. The Morgan fingerprint density at radius 3 is 2.63 bits per heavy atom. The van der Waals surface area contributed by atoms with E-state index in [9.17, 15) is 14.4 Å². The van der Waals surface area contributed by atoms with Gasteiger partial charge in [-0.1, -0.05) is 0 Å². The number of amides is 3. The Bertz CT molecular complexity index is 892. The standard InChI is InChI=1S/C20H25N3O4/c1-20(2,3)23-19(26)22-17(24)11-27-18(25)12-8-9-16-14(10-12)13-6-4-5-7-15(13)21-16/h8-10,21H,4-7,11H2,1-3H3,(H2,22,23,24,26). The number of hydrogen-bond acceptors (Lipinski definition) is 4. The summed E-state index contributed by atoms with van der Waals surface area (Å²) >= 11 is 0. The number of carbonyl (C=O) groups is 3. The number of carbonyl (C=O) groups excluding carboxylic acids is 3. The van der Waals surface area contributed by atoms with Gasteiger partial charge in [0.1, 0.15) is 0 Å². The molecule has 2 aromatic rings. The number of urea groups is 1. The van der Waals surface area contributed by atoms with Crippen LogP contribution in [0, 0.1) is 0 Å². The topological polar surface area (TPSA) is 100 Å². The van der Waals surface area contributed by atoms with Gasteiger partial charge in [0.15, 0.2) is 6.61 Å². The number of hydrogen-bond donors (Lipinski definition) is 3. The smallest absolute Gasteiger partial charge is 0.338 e. The largest absolute Gasteiger partial charge is 0.452 e. The van der Waals surface area contributed by atoms with E-state index in [-0.39, 0.29) is 0 Å². The first-order chi connectivity index (χ1) is 12.7. The van der Waals surface area contributed by atoms with Crippen LogP contribution in [-0.4, -0.2) is 35.0 Å². The zero-order valence-electron chi connectivity index (χ0n) is 15.9. The van der Waals surface area contributed by atoms with Gasteiger partial charge >= 0.3 is 12.0 Å². The molecule has 0 spiro atoms. The van der Waals surface area contributed by atoms with Crippen LogP contribution in [0.2, 0.25) is 0 Å². The van der Waals surface area contributed by atoms with Gasteiger partial charge in [-0.15, -0.1) is 0 Å². The Morgan fingerprint density at radius 1 is 1.15 bits per heavy atom. The van der Waals surface area contributed by atoms with Crippen molar-refractivity contribution in [2.75, 3.05) is 6.61 Å². The molecule has 1 aromatic heterocycles. The summed E-state index contributed by atoms with van der Waals surface area (Å²) in [7, 11) is 0. The van der Waals surface area contributed by atoms with Gasteiger partial charge in [-0.2, -0.15) is 0 Å². The number of H-pyrrole nitrogens is 1. The maximum atomic E-state index is 12.3. The van der Waals surface area contributed by atoms with Crippen LogP contribution < -0.4 is 10.6 Å². The van der Waals surface area contributed by atoms with Gasteiger partial charge in [0.25, 0.3) is 5.91 Å². The highest BCUT2D eigenvalue weighted by molar-refractivity contribution is 5.99. The van der Waals surface area contributed by atoms with Crippen molar-refractivity contribution in [1.29, 1.82) is 0 Å². The second-order valence-corrected chi connectivity index (χ2v) is 7.88. The van der Waals surface area contributed by atoms with Crippen LogP contribution in [0.1, 0.15) is 55.2 Å². The van der Waals surface area contributed by atoms with Crippen molar-refractivity contribution in [3.8, 4) is 0 Å². The molecule has 0 unspecified atom stereocenters. The van der Waals surface area contributed by atoms with Crippen molar-refractivity contribution in [1.82, 2.24) is 15.6 Å². The van der Waals surface area contributed by atoms with Gasteiger partial charge < -0.3 is 15.0 Å². The molecule has 0 saturated carbocycles. The molecule has 1 aliphatic carbocycles. The van der Waals surface area contributed by atoms with E-state index < -0.39 is 30.1 Å². The van der Waals surface area contributed by atoms with Crippen molar-refractivity contribution >= 4 is 28.8 Å². The number of ether oxygens (including phenoxy) is 1. The molecule has 7 heteroatoms. The lowest BCUT2D eigenvalue weighted by Gasteiger charge is -2.20. The number of imide groups is 1. The third kappa shape index (κ3) is 4.67. The predicted octanol–water partition coefficient (Wildman–Crippen LogP) is 2.83. The number of benzene rings is 1. The van der Waals surface area contributed by atoms with Gasteiger partial charge in [0.05, 0.1) is 5.56 Å². The molecule has 27 heavy (non-hydrogen) atoms. The molecule has 144 valence electrons. The van der Waals surface area contributed by atoms with Crippen molar-refractivity contribution in [2.24, 2.45) is 0 Å². The summed E-state index contributed by atoms with van der Waals surface area (Å²) in [5.41, 5.74) is 3.44. The summed E-state index contributed by atoms with van der Waals surface area (Å²) in [5, 5.41) is 5.77. The summed E-state index contributed by atoms with van der Waals surface area (Å²) in [4.78, 5) is 39.1. The summed E-state index contributed by atoms with van der Waals surface area (Å²) in [6.45, 7) is 4.88. The average Bonchev–Trinajstić information content (AvgIpc) is 2.95. The number of nitrogens with one attached hydrogen (secondary N) is 3. The highest BCUT2D eigenvalue weighted by Crippen LogP contribution is 2.29. The molecule has 3 N–H and O–H groups in total. The van der Waals surface area contributed by atoms with E-state index in [4.69, 9.17) is 4.74 Å². The number of esters is 1. The monoisotopic (exact) mass is 371 g/mol. The lowest BCUT2D eigenvalue weighted by molar-refractivity contribution is -0.123. The first kappa shape index (κ1) is 18.9. The SMILES string of the molecule is CC(C)(C)NC(=O)NC(=O)COC(=O)c1ccc2[nH]c3c(c2c1)CCCC3. The van der Waals surface area contributed by atoms with E-state index in [0.717, 1.165) is 30.2 Å². The summed E-state index contributed by atoms with van der Waals surface area (Å²) in [6.07, 6.45) is 4.35. The Hall–Kier alpha value is -2.83. The lowest BCUT2D eigenvalue weighted by Crippen LogP contribution is -2.49. The third-order valence-electron chi connectivity index (χ3n) is 4.41. The van der Waals surface area contributed by atoms with Crippen molar-refractivity contribution < 1.29 is 19.1 Å². The fourth-order valence-electron chi connectivity index (χ4n) is 3.28. The molecule has 0 aliphatic heterocycles. The number of aryl methyl sites for hydroxylation is 2. The van der Waals surface area contributed by atoms with E-state index in [1.54, 1.807) is 26.8 Å². The molecule has 3 rings (SSSR count). The van der Waals surface area contributed by atoms with Gasteiger partial charge in [0.2, 0.25) is 0 Å². The maximum absolute atomic E-state index is 12.3. The van der Waals surface area contributed by atoms with E-state index in [1.807, 2.05) is 12.1 Å². The third-order valence-corrected chi connectivity index (χ3v) is 4.41. The van der Waals surface area contributed by atoms with E-state index in [1.165, 1.54) is 17.7 Å². The average molecular weight is 371 g/mol. The zero-order valence-corrected chi connectivity index (χ0v) is 15.9. The normalized spacial score (nSPS) is 13.7. The number of fused-ring (bicyclic) bond motifs is 3. The molecule has 0 atom stereocenters. The van der Waals surface area contributed by atoms with E-state index in [0.29, 0.717) is 5.56 Å². The first-order valence-corrected chi connectivity index (χ1v) is 9.15. The summed E-state index contributed by atoms with van der Waals surface area (Å²) < 4.78 is 5.05. The van der Waals surface area contributed by atoms with Crippen LogP contribution in [-0.2, 0) is 22.4 Å². The maximum Gasteiger partial charge on any atom is 0.338 e. The van der Waals surface area contributed by atoms with Crippen molar-refractivity contribution in [3.05, 3.63) is 35.0 Å². The Kier molecular flexibility index (Phi) is 5.21. The van der Waals surface area contributed by atoms with Gasteiger partial charge in [0, 0.05) is 22.1 Å². The van der Waals surface area contributed by atoms with Crippen LogP contribution in [0.25, 0.3) is 10.9 Å². The van der Waals surface area contributed by atoms with Gasteiger partial charge in [-0.05, 0) is 70.2 Å². The minimum atomic E-state index is -0.676. The van der Waals surface area contributed by atoms with Gasteiger partial charge in [-0.3, -0.25) is 10.1 Å². The predicted molar refractivity (Wildman–Crippen MR) is 102 cm³/mol. The van der Waals surface area contributed by atoms with Crippen LogP contribution in [0.15, 0.2) is 18.2 Å². The van der Waals surface area contributed by atoms with E-state index >= 15 is 0 Å². The Labute approximate surface area is 157 Å². The highest BCUT2D eigenvalue weighted by atomic mass is 16.5. The first-order valence-electron chi connectivity index (χ1n) is 9.15. The Balaban J connectivity index is 1.61. The van der Waals surface area contributed by atoms with Crippen LogP contribution in [0.5, 0.6) is 0 Å².